The van der Waals surface area contributed by atoms with E-state index in [-0.39, 0.29) is 17.7 Å². The molecule has 1 rings (SSSR count). The molecule has 1 unspecified atom stereocenters. The lowest BCUT2D eigenvalue weighted by molar-refractivity contribution is -0.142. The maximum Gasteiger partial charge on any atom is 0.308 e. The first-order valence-electron chi connectivity index (χ1n) is 6.56. The van der Waals surface area contributed by atoms with Gasteiger partial charge in [0.25, 0.3) is 0 Å². The molecule has 0 aromatic rings. The van der Waals surface area contributed by atoms with Crippen LogP contribution in [0.5, 0.6) is 0 Å². The summed E-state index contributed by atoms with van der Waals surface area (Å²) in [4.78, 5) is 11.0. The highest BCUT2D eigenvalue weighted by Gasteiger charge is 2.29. The summed E-state index contributed by atoms with van der Waals surface area (Å²) in [7, 11) is -3.36. The van der Waals surface area contributed by atoms with Crippen molar-refractivity contribution in [2.24, 2.45) is 11.8 Å². The summed E-state index contributed by atoms with van der Waals surface area (Å²) < 4.78 is 26.5. The maximum absolute atomic E-state index is 12.0. The van der Waals surface area contributed by atoms with Gasteiger partial charge in [-0.25, -0.2) is 13.1 Å². The SMILES string of the molecule is CC(C)C(CNS(=O)(=O)C1CCCCC1)C(=O)O. The Morgan fingerprint density at radius 3 is 2.28 bits per heavy atom. The molecule has 0 amide bonds. The fourth-order valence-corrected chi connectivity index (χ4v) is 3.91. The fourth-order valence-electron chi connectivity index (χ4n) is 2.31. The predicted octanol–water partition coefficient (Wildman–Crippen LogP) is 1.60. The van der Waals surface area contributed by atoms with Crippen LogP contribution in [-0.4, -0.2) is 31.3 Å². The Balaban J connectivity index is 2.57. The molecule has 6 heteroatoms. The van der Waals surface area contributed by atoms with Gasteiger partial charge in [-0.3, -0.25) is 4.79 Å². The molecule has 0 bridgehead atoms. The molecule has 0 aliphatic heterocycles. The molecule has 0 radical (unpaired) electrons. The Morgan fingerprint density at radius 2 is 1.83 bits per heavy atom. The average Bonchev–Trinajstić information content (AvgIpc) is 2.29. The van der Waals surface area contributed by atoms with E-state index in [1.54, 1.807) is 13.8 Å². The van der Waals surface area contributed by atoms with Crippen molar-refractivity contribution in [3.63, 3.8) is 0 Å². The van der Waals surface area contributed by atoms with E-state index in [1.165, 1.54) is 0 Å². The Bertz CT molecular complexity index is 372. The Labute approximate surface area is 109 Å². The monoisotopic (exact) mass is 277 g/mol. The molecule has 1 aliphatic rings. The number of rotatable bonds is 6. The van der Waals surface area contributed by atoms with E-state index in [0.29, 0.717) is 12.8 Å². The summed E-state index contributed by atoms with van der Waals surface area (Å²) in [6, 6.07) is 0. The fraction of sp³-hybridized carbons (Fsp3) is 0.917. The number of aliphatic carboxylic acids is 1. The topological polar surface area (TPSA) is 83.5 Å². The van der Waals surface area contributed by atoms with Crippen LogP contribution in [0.25, 0.3) is 0 Å². The highest BCUT2D eigenvalue weighted by molar-refractivity contribution is 7.90. The van der Waals surface area contributed by atoms with Crippen molar-refractivity contribution in [3.05, 3.63) is 0 Å². The molecule has 0 aromatic carbocycles. The summed E-state index contributed by atoms with van der Waals surface area (Å²) in [6.45, 7) is 3.56. The third-order valence-corrected chi connectivity index (χ3v) is 5.54. The van der Waals surface area contributed by atoms with E-state index in [9.17, 15) is 13.2 Å². The van der Waals surface area contributed by atoms with Crippen molar-refractivity contribution in [3.8, 4) is 0 Å². The number of carboxylic acids is 1. The third-order valence-electron chi connectivity index (χ3n) is 3.62. The molecule has 1 fully saturated rings. The zero-order chi connectivity index (χ0) is 13.8. The Morgan fingerprint density at radius 1 is 1.28 bits per heavy atom. The van der Waals surface area contributed by atoms with Crippen molar-refractivity contribution >= 4 is 16.0 Å². The molecule has 106 valence electrons. The zero-order valence-electron chi connectivity index (χ0n) is 11.1. The van der Waals surface area contributed by atoms with Crippen molar-refractivity contribution < 1.29 is 18.3 Å². The first-order chi connectivity index (χ1) is 8.34. The minimum atomic E-state index is -3.36. The molecule has 1 atom stereocenters. The highest BCUT2D eigenvalue weighted by atomic mass is 32.2. The zero-order valence-corrected chi connectivity index (χ0v) is 11.9. The Hall–Kier alpha value is -0.620. The van der Waals surface area contributed by atoms with Crippen LogP contribution in [0.4, 0.5) is 0 Å². The van der Waals surface area contributed by atoms with Crippen molar-refractivity contribution in [1.82, 2.24) is 4.72 Å². The molecule has 5 nitrogen and oxygen atoms in total. The van der Waals surface area contributed by atoms with Crippen LogP contribution >= 0.6 is 0 Å². The van der Waals surface area contributed by atoms with Crippen LogP contribution in [0.2, 0.25) is 0 Å². The van der Waals surface area contributed by atoms with Gasteiger partial charge in [-0.1, -0.05) is 33.1 Å². The second kappa shape index (κ2) is 6.52. The van der Waals surface area contributed by atoms with Gasteiger partial charge in [0.2, 0.25) is 10.0 Å². The first kappa shape index (κ1) is 15.4. The second-order valence-electron chi connectivity index (χ2n) is 5.34. The molecule has 0 aromatic heterocycles. The molecule has 2 N–H and O–H groups in total. The standard InChI is InChI=1S/C12H23NO4S/c1-9(2)11(12(14)15)8-13-18(16,17)10-6-4-3-5-7-10/h9-11,13H,3-8H2,1-2H3,(H,14,15). The molecule has 1 saturated carbocycles. The van der Waals surface area contributed by atoms with E-state index in [2.05, 4.69) is 4.72 Å². The van der Waals surface area contributed by atoms with Gasteiger partial charge in [-0.15, -0.1) is 0 Å². The number of nitrogens with one attached hydrogen (secondary N) is 1. The van der Waals surface area contributed by atoms with E-state index in [4.69, 9.17) is 5.11 Å². The number of carboxylic acid groups (broad SMARTS) is 1. The highest BCUT2D eigenvalue weighted by Crippen LogP contribution is 2.23. The molecule has 0 spiro atoms. The van der Waals surface area contributed by atoms with Gasteiger partial charge in [-0.2, -0.15) is 0 Å². The summed E-state index contributed by atoms with van der Waals surface area (Å²) in [5, 5.41) is 8.68. The lowest BCUT2D eigenvalue weighted by atomic mass is 9.96. The summed E-state index contributed by atoms with van der Waals surface area (Å²) in [5.41, 5.74) is 0. The number of hydrogen-bond acceptors (Lipinski definition) is 3. The second-order valence-corrected chi connectivity index (χ2v) is 7.39. The molecule has 0 heterocycles. The van der Waals surface area contributed by atoms with Crippen LogP contribution in [0.15, 0.2) is 0 Å². The number of hydrogen-bond donors (Lipinski definition) is 2. The van der Waals surface area contributed by atoms with Crippen LogP contribution in [-0.2, 0) is 14.8 Å². The Kier molecular flexibility index (Phi) is 5.59. The normalized spacial score (nSPS) is 19.9. The van der Waals surface area contributed by atoms with Gasteiger partial charge in [0.1, 0.15) is 0 Å². The van der Waals surface area contributed by atoms with Gasteiger partial charge < -0.3 is 5.11 Å². The first-order valence-corrected chi connectivity index (χ1v) is 8.10. The van der Waals surface area contributed by atoms with Crippen LogP contribution in [0, 0.1) is 11.8 Å². The van der Waals surface area contributed by atoms with Crippen LogP contribution in [0.3, 0.4) is 0 Å². The maximum atomic E-state index is 12.0. The van der Waals surface area contributed by atoms with Gasteiger partial charge in [0, 0.05) is 6.54 Å². The van der Waals surface area contributed by atoms with Crippen molar-refractivity contribution in [2.45, 2.75) is 51.2 Å². The minimum absolute atomic E-state index is 0.00810. The van der Waals surface area contributed by atoms with Gasteiger partial charge in [0.05, 0.1) is 11.2 Å². The lowest BCUT2D eigenvalue weighted by Crippen LogP contribution is -2.41. The van der Waals surface area contributed by atoms with E-state index in [1.807, 2.05) is 0 Å². The number of sulfonamides is 1. The predicted molar refractivity (Wildman–Crippen MR) is 69.8 cm³/mol. The van der Waals surface area contributed by atoms with Gasteiger partial charge >= 0.3 is 5.97 Å². The molecule has 1 aliphatic carbocycles. The number of carbonyl (C=O) groups is 1. The van der Waals surface area contributed by atoms with Crippen molar-refractivity contribution in [2.75, 3.05) is 6.54 Å². The van der Waals surface area contributed by atoms with Crippen molar-refractivity contribution in [1.29, 1.82) is 0 Å². The largest absolute Gasteiger partial charge is 0.481 e. The summed E-state index contributed by atoms with van der Waals surface area (Å²) in [6.07, 6.45) is 4.36. The summed E-state index contributed by atoms with van der Waals surface area (Å²) >= 11 is 0. The van der Waals surface area contributed by atoms with Gasteiger partial charge in [0.15, 0.2) is 0 Å². The molecular weight excluding hydrogens is 254 g/mol. The quantitative estimate of drug-likeness (QED) is 0.772. The summed E-state index contributed by atoms with van der Waals surface area (Å²) in [5.74, 6) is -1.70. The lowest BCUT2D eigenvalue weighted by Gasteiger charge is -2.23. The molecule has 18 heavy (non-hydrogen) atoms. The minimum Gasteiger partial charge on any atom is -0.481 e. The third kappa shape index (κ3) is 4.24. The smallest absolute Gasteiger partial charge is 0.308 e. The average molecular weight is 277 g/mol. The van der Waals surface area contributed by atoms with E-state index >= 15 is 0 Å². The van der Waals surface area contributed by atoms with E-state index < -0.39 is 21.9 Å². The van der Waals surface area contributed by atoms with Crippen LogP contribution < -0.4 is 4.72 Å². The van der Waals surface area contributed by atoms with E-state index in [0.717, 1.165) is 19.3 Å². The molecular formula is C12H23NO4S. The van der Waals surface area contributed by atoms with Gasteiger partial charge in [-0.05, 0) is 18.8 Å². The molecule has 0 saturated heterocycles. The van der Waals surface area contributed by atoms with Crippen LogP contribution in [0.1, 0.15) is 46.0 Å².